The van der Waals surface area contributed by atoms with Gasteiger partial charge in [-0.25, -0.2) is 4.99 Å². The molecule has 2 aliphatic rings. The van der Waals surface area contributed by atoms with E-state index in [4.69, 9.17) is 5.73 Å². The number of para-hydroxylation sites is 1. The molecule has 3 N–H and O–H groups in total. The Morgan fingerprint density at radius 3 is 2.58 bits per heavy atom. The molecule has 0 aliphatic heterocycles. The molecule has 2 saturated carbocycles. The molecular weight excluding hydrogens is 234 g/mol. The molecule has 0 spiro atoms. The number of hydrogen-bond acceptors (Lipinski definition) is 1. The van der Waals surface area contributed by atoms with Crippen molar-refractivity contribution in [2.45, 2.75) is 44.6 Å². The van der Waals surface area contributed by atoms with E-state index in [1.165, 1.54) is 38.5 Å². The lowest BCUT2D eigenvalue weighted by Crippen LogP contribution is -2.23. The van der Waals surface area contributed by atoms with E-state index in [1.807, 2.05) is 30.3 Å². The largest absolute Gasteiger partial charge is 0.370 e. The minimum absolute atomic E-state index is 0.472. The van der Waals surface area contributed by atoms with E-state index in [-0.39, 0.29) is 0 Å². The summed E-state index contributed by atoms with van der Waals surface area (Å²) < 4.78 is 0. The van der Waals surface area contributed by atoms with E-state index >= 15 is 0 Å². The van der Waals surface area contributed by atoms with Crippen molar-refractivity contribution in [2.24, 2.45) is 22.6 Å². The summed E-state index contributed by atoms with van der Waals surface area (Å²) in [4.78, 5) is 4.62. The minimum atomic E-state index is 0.472. The first kappa shape index (κ1) is 12.5. The normalized spacial score (nSPS) is 28.1. The molecule has 0 heterocycles. The van der Waals surface area contributed by atoms with Crippen LogP contribution in [-0.2, 0) is 0 Å². The summed E-state index contributed by atoms with van der Waals surface area (Å²) in [6.07, 6.45) is 8.30. The zero-order chi connectivity index (χ0) is 13.1. The van der Waals surface area contributed by atoms with E-state index in [9.17, 15) is 0 Å². The van der Waals surface area contributed by atoms with Crippen LogP contribution in [0.4, 0.5) is 5.69 Å². The Hall–Kier alpha value is -1.51. The smallest absolute Gasteiger partial charge is 0.193 e. The van der Waals surface area contributed by atoms with Gasteiger partial charge in [-0.1, -0.05) is 50.3 Å². The van der Waals surface area contributed by atoms with Gasteiger partial charge in [0.05, 0.1) is 6.04 Å². The van der Waals surface area contributed by atoms with Gasteiger partial charge >= 0.3 is 0 Å². The van der Waals surface area contributed by atoms with Gasteiger partial charge in [0, 0.05) is 5.69 Å². The van der Waals surface area contributed by atoms with Crippen LogP contribution >= 0.6 is 0 Å². The number of rotatable bonds is 3. The monoisotopic (exact) mass is 257 g/mol. The molecule has 3 nitrogen and oxygen atoms in total. The molecule has 1 aromatic rings. The average molecular weight is 257 g/mol. The number of nitrogens with one attached hydrogen (secondary N) is 1. The molecule has 0 radical (unpaired) electrons. The summed E-state index contributed by atoms with van der Waals surface area (Å²) in [5.74, 6) is 2.28. The molecule has 0 amide bonds. The van der Waals surface area contributed by atoms with Crippen LogP contribution in [0.1, 0.15) is 38.5 Å². The summed E-state index contributed by atoms with van der Waals surface area (Å²) in [5, 5.41) is 3.16. The zero-order valence-electron chi connectivity index (χ0n) is 11.4. The fourth-order valence-electron chi connectivity index (χ4n) is 3.30. The van der Waals surface area contributed by atoms with Crippen molar-refractivity contribution in [3.63, 3.8) is 0 Å². The number of benzene rings is 1. The Balaban J connectivity index is 1.52. The molecule has 0 saturated heterocycles. The van der Waals surface area contributed by atoms with Gasteiger partial charge in [0.15, 0.2) is 5.96 Å². The predicted molar refractivity (Wildman–Crippen MR) is 80.2 cm³/mol. The highest BCUT2D eigenvalue weighted by Crippen LogP contribution is 2.46. The van der Waals surface area contributed by atoms with Crippen molar-refractivity contribution >= 4 is 11.6 Å². The average Bonchev–Trinajstić information content (AvgIpc) is 3.20. The second-order valence-corrected chi connectivity index (χ2v) is 5.87. The van der Waals surface area contributed by atoms with E-state index in [0.29, 0.717) is 12.0 Å². The van der Waals surface area contributed by atoms with E-state index in [2.05, 4.69) is 10.3 Å². The lowest BCUT2D eigenvalue weighted by molar-refractivity contribution is 0.318. The summed E-state index contributed by atoms with van der Waals surface area (Å²) >= 11 is 0. The summed E-state index contributed by atoms with van der Waals surface area (Å²) in [6, 6.07) is 10.5. The molecule has 3 rings (SSSR count). The quantitative estimate of drug-likeness (QED) is 0.644. The van der Waals surface area contributed by atoms with Gasteiger partial charge < -0.3 is 11.1 Å². The lowest BCUT2D eigenvalue weighted by Gasteiger charge is -2.21. The van der Waals surface area contributed by atoms with E-state index in [0.717, 1.165) is 17.5 Å². The van der Waals surface area contributed by atoms with Crippen molar-refractivity contribution < 1.29 is 0 Å². The van der Waals surface area contributed by atoms with Crippen molar-refractivity contribution in [1.82, 2.24) is 0 Å². The van der Waals surface area contributed by atoms with Crippen LogP contribution in [-0.4, -0.2) is 12.0 Å². The summed E-state index contributed by atoms with van der Waals surface area (Å²) in [5.41, 5.74) is 6.99. The first-order chi connectivity index (χ1) is 9.33. The Kier molecular flexibility index (Phi) is 3.72. The second kappa shape index (κ2) is 5.64. The van der Waals surface area contributed by atoms with Gasteiger partial charge in [-0.2, -0.15) is 0 Å². The third-order valence-electron chi connectivity index (χ3n) is 4.41. The molecule has 102 valence electrons. The number of nitrogens with two attached hydrogens (primary N) is 1. The Labute approximate surface area is 115 Å². The number of nitrogens with zero attached hydrogens (tertiary/aromatic N) is 1. The second-order valence-electron chi connectivity index (χ2n) is 5.87. The van der Waals surface area contributed by atoms with Crippen molar-refractivity contribution in [3.05, 3.63) is 30.3 Å². The minimum Gasteiger partial charge on any atom is -0.370 e. The van der Waals surface area contributed by atoms with Gasteiger partial charge in [0.2, 0.25) is 0 Å². The van der Waals surface area contributed by atoms with Gasteiger partial charge in [0.25, 0.3) is 0 Å². The van der Waals surface area contributed by atoms with E-state index < -0.39 is 0 Å². The predicted octanol–water partition coefficient (Wildman–Crippen LogP) is 3.38. The topological polar surface area (TPSA) is 50.4 Å². The Morgan fingerprint density at radius 1 is 1.11 bits per heavy atom. The van der Waals surface area contributed by atoms with Crippen LogP contribution < -0.4 is 11.1 Å². The first-order valence-electron chi connectivity index (χ1n) is 7.48. The molecule has 2 fully saturated rings. The maximum atomic E-state index is 5.98. The van der Waals surface area contributed by atoms with Crippen LogP contribution in [0, 0.1) is 11.8 Å². The molecule has 0 unspecified atom stereocenters. The van der Waals surface area contributed by atoms with Crippen molar-refractivity contribution in [1.29, 1.82) is 0 Å². The molecule has 2 aliphatic carbocycles. The highest BCUT2D eigenvalue weighted by Gasteiger charge is 2.43. The molecule has 0 bridgehead atoms. The number of anilines is 1. The van der Waals surface area contributed by atoms with Gasteiger partial charge in [-0.15, -0.1) is 0 Å². The van der Waals surface area contributed by atoms with Crippen LogP contribution in [0.5, 0.6) is 0 Å². The third-order valence-corrected chi connectivity index (χ3v) is 4.41. The Bertz CT molecular complexity index is 435. The molecular formula is C16H23N3. The lowest BCUT2D eigenvalue weighted by atomic mass is 9.85. The van der Waals surface area contributed by atoms with Gasteiger partial charge in [-0.3, -0.25) is 0 Å². The standard InChI is InChI=1S/C16H23N3/c17-16(18-13-9-5-2-6-10-13)19-15-11-14(15)12-7-3-1-4-8-12/h2,5-6,9-10,12,14-15H,1,3-4,7-8,11H2,(H3,17,18,19)/t14-,15+/m0/s1. The number of hydrogen-bond donors (Lipinski definition) is 2. The first-order valence-corrected chi connectivity index (χ1v) is 7.48. The van der Waals surface area contributed by atoms with Gasteiger partial charge in [-0.05, 0) is 30.4 Å². The number of aliphatic imine (C=N–C) groups is 1. The molecule has 0 aromatic heterocycles. The van der Waals surface area contributed by atoms with Crippen LogP contribution in [0.25, 0.3) is 0 Å². The maximum absolute atomic E-state index is 5.98. The van der Waals surface area contributed by atoms with Gasteiger partial charge in [0.1, 0.15) is 0 Å². The summed E-state index contributed by atoms with van der Waals surface area (Å²) in [7, 11) is 0. The fraction of sp³-hybridized carbons (Fsp3) is 0.562. The maximum Gasteiger partial charge on any atom is 0.193 e. The molecule has 3 heteroatoms. The molecule has 1 aromatic carbocycles. The highest BCUT2D eigenvalue weighted by molar-refractivity contribution is 5.92. The van der Waals surface area contributed by atoms with Crippen molar-refractivity contribution in [2.75, 3.05) is 5.32 Å². The van der Waals surface area contributed by atoms with Crippen LogP contribution in [0.15, 0.2) is 35.3 Å². The molecule has 19 heavy (non-hydrogen) atoms. The third kappa shape index (κ3) is 3.28. The molecule has 2 atom stereocenters. The highest BCUT2D eigenvalue weighted by atomic mass is 15.1. The van der Waals surface area contributed by atoms with Crippen molar-refractivity contribution in [3.8, 4) is 0 Å². The SMILES string of the molecule is NC(=N[C@@H]1C[C@H]1C1CCCCC1)Nc1ccccc1. The zero-order valence-corrected chi connectivity index (χ0v) is 11.4. The van der Waals surface area contributed by atoms with Crippen LogP contribution in [0.2, 0.25) is 0 Å². The fourth-order valence-corrected chi connectivity index (χ4v) is 3.30. The van der Waals surface area contributed by atoms with Crippen LogP contribution in [0.3, 0.4) is 0 Å². The Morgan fingerprint density at radius 2 is 1.84 bits per heavy atom. The van der Waals surface area contributed by atoms with E-state index in [1.54, 1.807) is 0 Å². The summed E-state index contributed by atoms with van der Waals surface area (Å²) in [6.45, 7) is 0. The number of guanidine groups is 1.